The third kappa shape index (κ3) is 4.21. The lowest BCUT2D eigenvalue weighted by Gasteiger charge is -2.25. The van der Waals surface area contributed by atoms with Crippen molar-refractivity contribution < 1.29 is 9.59 Å². The Bertz CT molecular complexity index is 1050. The average Bonchev–Trinajstić information content (AvgIpc) is 3.38. The molecule has 0 radical (unpaired) electrons. The van der Waals surface area contributed by atoms with Crippen LogP contribution < -0.4 is 5.32 Å². The molecule has 3 aromatic rings. The van der Waals surface area contributed by atoms with Crippen LogP contribution in [0.1, 0.15) is 31.4 Å². The van der Waals surface area contributed by atoms with E-state index in [9.17, 15) is 9.59 Å². The lowest BCUT2D eigenvalue weighted by molar-refractivity contribution is -0.136. The van der Waals surface area contributed by atoms with Crippen molar-refractivity contribution in [3.05, 3.63) is 60.2 Å². The molecule has 0 bridgehead atoms. The van der Waals surface area contributed by atoms with E-state index < -0.39 is 6.04 Å². The van der Waals surface area contributed by atoms with Gasteiger partial charge in [-0.1, -0.05) is 54.2 Å². The zero-order valence-corrected chi connectivity index (χ0v) is 18.1. The molecule has 0 aliphatic carbocycles. The first kappa shape index (κ1) is 20.5. The molecule has 0 unspecified atom stereocenters. The van der Waals surface area contributed by atoms with Gasteiger partial charge in [-0.3, -0.25) is 9.59 Å². The lowest BCUT2D eigenvalue weighted by atomic mass is 10.1. The second kappa shape index (κ2) is 8.92. The van der Waals surface area contributed by atoms with E-state index in [0.717, 1.165) is 28.2 Å². The van der Waals surface area contributed by atoms with Gasteiger partial charge in [0.05, 0.1) is 22.8 Å². The summed E-state index contributed by atoms with van der Waals surface area (Å²) in [6.45, 7) is 2.59. The number of likely N-dealkylation sites (tertiary alicyclic amines) is 1. The minimum absolute atomic E-state index is 0.0166. The predicted octanol–water partition coefficient (Wildman–Crippen LogP) is 3.53. The third-order valence-electron chi connectivity index (χ3n) is 5.60. The number of rotatable bonds is 6. The van der Waals surface area contributed by atoms with Gasteiger partial charge in [0.1, 0.15) is 6.04 Å². The zero-order chi connectivity index (χ0) is 21.1. The first-order chi connectivity index (χ1) is 14.5. The molecule has 1 aliphatic heterocycles. The number of benzene rings is 2. The van der Waals surface area contributed by atoms with Gasteiger partial charge in [-0.15, -0.1) is 0 Å². The highest BCUT2D eigenvalue weighted by molar-refractivity contribution is 7.99. The van der Waals surface area contributed by atoms with Crippen LogP contribution in [0.2, 0.25) is 0 Å². The number of carbonyl (C=O) groups excluding carboxylic acids is 2. The molecule has 1 fully saturated rings. The molecule has 7 heteroatoms. The van der Waals surface area contributed by atoms with E-state index in [-0.39, 0.29) is 23.6 Å². The number of imidazole rings is 1. The number of para-hydroxylation sites is 2. The topological polar surface area (TPSA) is 67.2 Å². The highest BCUT2D eigenvalue weighted by Gasteiger charge is 2.34. The summed E-state index contributed by atoms with van der Waals surface area (Å²) in [5.41, 5.74) is 3.02. The number of fused-ring (bicyclic) bond motifs is 1. The summed E-state index contributed by atoms with van der Waals surface area (Å²) in [5, 5.41) is 3.88. The molecule has 0 saturated carbocycles. The van der Waals surface area contributed by atoms with Crippen molar-refractivity contribution in [3.63, 3.8) is 0 Å². The Balaban J connectivity index is 1.38. The van der Waals surface area contributed by atoms with Gasteiger partial charge < -0.3 is 14.8 Å². The summed E-state index contributed by atoms with van der Waals surface area (Å²) in [6.07, 6.45) is 1.55. The maximum Gasteiger partial charge on any atom is 0.243 e. The molecular weight excluding hydrogens is 396 g/mol. The summed E-state index contributed by atoms with van der Waals surface area (Å²) >= 11 is 1.42. The molecule has 2 heterocycles. The van der Waals surface area contributed by atoms with Crippen LogP contribution in [0, 0.1) is 0 Å². The van der Waals surface area contributed by atoms with Crippen LogP contribution in [0.4, 0.5) is 0 Å². The molecule has 30 heavy (non-hydrogen) atoms. The molecule has 156 valence electrons. The van der Waals surface area contributed by atoms with Gasteiger partial charge in [-0.25, -0.2) is 4.98 Å². The van der Waals surface area contributed by atoms with Gasteiger partial charge in [0, 0.05) is 13.6 Å². The Morgan fingerprint density at radius 1 is 1.17 bits per heavy atom. The SMILES string of the molecule is C[C@H](NC(=O)[C@@H]1CCCN1C(=O)CSc1nc2ccccc2n1C)c1ccccc1. The standard InChI is InChI=1S/C23H26N4O2S/c1-16(17-9-4-3-5-10-17)24-22(29)20-13-8-14-27(20)21(28)15-30-23-25-18-11-6-7-12-19(18)26(23)2/h3-7,9-12,16,20H,8,13-15H2,1-2H3,(H,24,29)/t16-,20-/m0/s1. The second-order valence-corrected chi connectivity index (χ2v) is 8.56. The fraction of sp³-hybridized carbons (Fsp3) is 0.348. The largest absolute Gasteiger partial charge is 0.348 e. The summed E-state index contributed by atoms with van der Waals surface area (Å²) in [5.74, 6) is 0.178. The number of nitrogens with one attached hydrogen (secondary N) is 1. The molecule has 0 spiro atoms. The first-order valence-electron chi connectivity index (χ1n) is 10.2. The molecule has 2 aromatic carbocycles. The highest BCUT2D eigenvalue weighted by atomic mass is 32.2. The smallest absolute Gasteiger partial charge is 0.243 e. The Labute approximate surface area is 180 Å². The molecule has 4 rings (SSSR count). The lowest BCUT2D eigenvalue weighted by Crippen LogP contribution is -2.47. The molecule has 1 aliphatic rings. The quantitative estimate of drug-likeness (QED) is 0.617. The van der Waals surface area contributed by atoms with Crippen LogP contribution in [0.3, 0.4) is 0 Å². The number of nitrogens with zero attached hydrogens (tertiary/aromatic N) is 3. The van der Waals surface area contributed by atoms with Crippen LogP contribution in [0.5, 0.6) is 0 Å². The number of amides is 2. The third-order valence-corrected chi connectivity index (χ3v) is 6.62. The van der Waals surface area contributed by atoms with Crippen molar-refractivity contribution in [2.75, 3.05) is 12.3 Å². The zero-order valence-electron chi connectivity index (χ0n) is 17.2. The normalized spacial score (nSPS) is 17.3. The van der Waals surface area contributed by atoms with Gasteiger partial charge in [0.15, 0.2) is 5.16 Å². The number of aromatic nitrogens is 2. The van der Waals surface area contributed by atoms with Crippen molar-refractivity contribution >= 4 is 34.6 Å². The van der Waals surface area contributed by atoms with E-state index in [2.05, 4.69) is 10.3 Å². The number of hydrogen-bond donors (Lipinski definition) is 1. The number of hydrogen-bond acceptors (Lipinski definition) is 4. The molecule has 1 aromatic heterocycles. The van der Waals surface area contributed by atoms with Crippen molar-refractivity contribution in [3.8, 4) is 0 Å². The van der Waals surface area contributed by atoms with E-state index in [4.69, 9.17) is 0 Å². The van der Waals surface area contributed by atoms with E-state index >= 15 is 0 Å². The number of thioether (sulfide) groups is 1. The summed E-state index contributed by atoms with van der Waals surface area (Å²) in [7, 11) is 1.96. The van der Waals surface area contributed by atoms with E-state index in [1.54, 1.807) is 4.90 Å². The summed E-state index contributed by atoms with van der Waals surface area (Å²) in [6, 6.07) is 17.3. The van der Waals surface area contributed by atoms with Gasteiger partial charge in [-0.2, -0.15) is 0 Å². The van der Waals surface area contributed by atoms with Crippen molar-refractivity contribution in [1.82, 2.24) is 19.8 Å². The van der Waals surface area contributed by atoms with Crippen molar-refractivity contribution in [2.45, 2.75) is 37.0 Å². The summed E-state index contributed by atoms with van der Waals surface area (Å²) in [4.78, 5) is 32.1. The summed E-state index contributed by atoms with van der Waals surface area (Å²) < 4.78 is 2.00. The molecule has 6 nitrogen and oxygen atoms in total. The average molecular weight is 423 g/mol. The molecular formula is C23H26N4O2S. The van der Waals surface area contributed by atoms with Crippen molar-refractivity contribution in [1.29, 1.82) is 0 Å². The molecule has 1 N–H and O–H groups in total. The van der Waals surface area contributed by atoms with Crippen LogP contribution in [0.15, 0.2) is 59.8 Å². The van der Waals surface area contributed by atoms with E-state index in [1.807, 2.05) is 73.1 Å². The van der Waals surface area contributed by atoms with Crippen LogP contribution >= 0.6 is 11.8 Å². The number of carbonyl (C=O) groups is 2. The Hall–Kier alpha value is -2.80. The minimum atomic E-state index is -0.398. The Morgan fingerprint density at radius 3 is 2.67 bits per heavy atom. The van der Waals surface area contributed by atoms with Crippen LogP contribution in [-0.4, -0.2) is 44.6 Å². The maximum absolute atomic E-state index is 12.9. The van der Waals surface area contributed by atoms with Crippen LogP contribution in [-0.2, 0) is 16.6 Å². The Morgan fingerprint density at radius 2 is 1.90 bits per heavy atom. The van der Waals surface area contributed by atoms with Gasteiger partial charge in [-0.05, 0) is 37.5 Å². The van der Waals surface area contributed by atoms with Gasteiger partial charge in [0.25, 0.3) is 0 Å². The predicted molar refractivity (Wildman–Crippen MR) is 119 cm³/mol. The van der Waals surface area contributed by atoms with E-state index in [0.29, 0.717) is 13.0 Å². The second-order valence-electron chi connectivity index (χ2n) is 7.62. The van der Waals surface area contributed by atoms with Crippen LogP contribution in [0.25, 0.3) is 11.0 Å². The maximum atomic E-state index is 12.9. The molecule has 2 atom stereocenters. The molecule has 2 amide bonds. The van der Waals surface area contributed by atoms with Gasteiger partial charge in [0.2, 0.25) is 11.8 Å². The highest BCUT2D eigenvalue weighted by Crippen LogP contribution is 2.25. The minimum Gasteiger partial charge on any atom is -0.348 e. The van der Waals surface area contributed by atoms with Gasteiger partial charge >= 0.3 is 0 Å². The van der Waals surface area contributed by atoms with E-state index in [1.165, 1.54) is 11.8 Å². The Kier molecular flexibility index (Phi) is 6.08. The first-order valence-corrected chi connectivity index (χ1v) is 11.2. The monoisotopic (exact) mass is 422 g/mol. The fourth-order valence-corrected chi connectivity index (χ4v) is 4.81. The molecule has 1 saturated heterocycles. The fourth-order valence-electron chi connectivity index (χ4n) is 3.93. The number of aryl methyl sites for hydroxylation is 1. The van der Waals surface area contributed by atoms with Crippen molar-refractivity contribution in [2.24, 2.45) is 7.05 Å².